The number of carbonyl (C=O) groups excluding carboxylic acids is 2. The molecule has 1 atom stereocenters. The van der Waals surface area contributed by atoms with Crippen LogP contribution < -0.4 is 10.9 Å². The molecule has 0 radical (unpaired) electrons. The minimum absolute atomic E-state index is 0.116. The summed E-state index contributed by atoms with van der Waals surface area (Å²) in [4.78, 5) is 42.9. The monoisotopic (exact) mass is 445 g/mol. The third-order valence-electron chi connectivity index (χ3n) is 5.18. The molecular formula is C21H20ClN3O4S. The number of hydrogen-bond acceptors (Lipinski definition) is 6. The Balaban J connectivity index is 1.44. The maximum absolute atomic E-state index is 12.7. The topological polar surface area (TPSA) is 90.3 Å². The number of nitrogens with one attached hydrogen (secondary N) is 1. The zero-order valence-corrected chi connectivity index (χ0v) is 18.1. The summed E-state index contributed by atoms with van der Waals surface area (Å²) < 4.78 is 6.87. The van der Waals surface area contributed by atoms with Crippen LogP contribution in [0.15, 0.2) is 29.1 Å². The molecule has 1 aliphatic rings. The molecule has 1 amide bonds. The van der Waals surface area contributed by atoms with Crippen LogP contribution in [0.2, 0.25) is 5.02 Å². The van der Waals surface area contributed by atoms with Crippen molar-refractivity contribution in [2.24, 2.45) is 0 Å². The summed E-state index contributed by atoms with van der Waals surface area (Å²) in [5.41, 5.74) is 1.32. The standard InChI is InChI=1S/C21H20ClN3O4S/c1-11-17-19(24-15-4-3-9-25(15)20(17)27)30-18(11)21(28)29-10-16(26)23-12(2)13-5-7-14(22)8-6-13/h5-8,12H,3-4,9-10H2,1-2H3,(H,23,26). The fourth-order valence-corrected chi connectivity index (χ4v) is 4.79. The first kappa shape index (κ1) is 20.6. The number of fused-ring (bicyclic) bond motifs is 2. The molecular weight excluding hydrogens is 426 g/mol. The van der Waals surface area contributed by atoms with Crippen LogP contribution in [0.25, 0.3) is 10.2 Å². The molecule has 4 rings (SSSR count). The smallest absolute Gasteiger partial charge is 0.349 e. The van der Waals surface area contributed by atoms with Crippen LogP contribution in [0.1, 0.15) is 46.0 Å². The van der Waals surface area contributed by atoms with Crippen molar-refractivity contribution in [2.75, 3.05) is 6.61 Å². The largest absolute Gasteiger partial charge is 0.451 e. The molecule has 2 aromatic heterocycles. The highest BCUT2D eigenvalue weighted by Crippen LogP contribution is 2.29. The lowest BCUT2D eigenvalue weighted by molar-refractivity contribution is -0.124. The van der Waals surface area contributed by atoms with Gasteiger partial charge in [0.15, 0.2) is 6.61 Å². The van der Waals surface area contributed by atoms with E-state index in [0.29, 0.717) is 32.2 Å². The maximum atomic E-state index is 12.7. The first-order valence-electron chi connectivity index (χ1n) is 9.60. The lowest BCUT2D eigenvalue weighted by Crippen LogP contribution is -2.31. The Kier molecular flexibility index (Phi) is 5.62. The number of esters is 1. The molecule has 9 heteroatoms. The highest BCUT2D eigenvalue weighted by atomic mass is 35.5. The Morgan fingerprint density at radius 1 is 1.33 bits per heavy atom. The van der Waals surface area contributed by atoms with Crippen LogP contribution in [-0.4, -0.2) is 28.0 Å². The van der Waals surface area contributed by atoms with Gasteiger partial charge in [-0.3, -0.25) is 14.2 Å². The Morgan fingerprint density at radius 3 is 2.80 bits per heavy atom. The minimum Gasteiger partial charge on any atom is -0.451 e. The average molecular weight is 446 g/mol. The van der Waals surface area contributed by atoms with Gasteiger partial charge < -0.3 is 10.1 Å². The van der Waals surface area contributed by atoms with Crippen molar-refractivity contribution >= 4 is 45.0 Å². The van der Waals surface area contributed by atoms with E-state index >= 15 is 0 Å². The van der Waals surface area contributed by atoms with E-state index in [1.54, 1.807) is 23.6 Å². The van der Waals surface area contributed by atoms with E-state index in [-0.39, 0.29) is 11.6 Å². The first-order valence-corrected chi connectivity index (χ1v) is 10.8. The van der Waals surface area contributed by atoms with E-state index < -0.39 is 18.5 Å². The normalized spacial score (nSPS) is 13.8. The number of amides is 1. The fourth-order valence-electron chi connectivity index (χ4n) is 3.58. The number of nitrogens with zero attached hydrogens (tertiary/aromatic N) is 2. The first-order chi connectivity index (χ1) is 14.3. The van der Waals surface area contributed by atoms with Crippen molar-refractivity contribution in [3.8, 4) is 0 Å². The van der Waals surface area contributed by atoms with Crippen LogP contribution in [0.3, 0.4) is 0 Å². The van der Waals surface area contributed by atoms with Crippen molar-refractivity contribution in [2.45, 2.75) is 39.3 Å². The van der Waals surface area contributed by atoms with Gasteiger partial charge in [0, 0.05) is 18.0 Å². The van der Waals surface area contributed by atoms with Crippen LogP contribution >= 0.6 is 22.9 Å². The number of hydrogen-bond donors (Lipinski definition) is 1. The number of rotatable bonds is 5. The van der Waals surface area contributed by atoms with Crippen LogP contribution in [-0.2, 0) is 22.5 Å². The molecule has 0 bridgehead atoms. The van der Waals surface area contributed by atoms with Crippen molar-refractivity contribution < 1.29 is 14.3 Å². The Hall–Kier alpha value is -2.71. The van der Waals surface area contributed by atoms with Gasteiger partial charge in [-0.05, 0) is 43.5 Å². The van der Waals surface area contributed by atoms with Gasteiger partial charge in [0.05, 0.1) is 11.4 Å². The molecule has 0 fully saturated rings. The second kappa shape index (κ2) is 8.20. The number of thiophene rings is 1. The zero-order chi connectivity index (χ0) is 21.4. The van der Waals surface area contributed by atoms with Gasteiger partial charge in [-0.15, -0.1) is 11.3 Å². The van der Waals surface area contributed by atoms with Gasteiger partial charge in [0.2, 0.25) is 0 Å². The van der Waals surface area contributed by atoms with Crippen molar-refractivity contribution in [3.05, 3.63) is 61.5 Å². The Morgan fingerprint density at radius 2 is 2.07 bits per heavy atom. The Labute approximate surface area is 181 Å². The molecule has 1 unspecified atom stereocenters. The number of aryl methyl sites for hydroxylation is 2. The van der Waals surface area contributed by atoms with Gasteiger partial charge in [-0.25, -0.2) is 9.78 Å². The van der Waals surface area contributed by atoms with E-state index in [2.05, 4.69) is 10.3 Å². The molecule has 0 saturated heterocycles. The number of ether oxygens (including phenoxy) is 1. The van der Waals surface area contributed by atoms with Crippen LogP contribution in [0.5, 0.6) is 0 Å². The molecule has 30 heavy (non-hydrogen) atoms. The summed E-state index contributed by atoms with van der Waals surface area (Å²) >= 11 is 7.01. The molecule has 1 aliphatic heterocycles. The molecule has 0 spiro atoms. The maximum Gasteiger partial charge on any atom is 0.349 e. The Bertz CT molecular complexity index is 1200. The lowest BCUT2D eigenvalue weighted by Gasteiger charge is -2.14. The van der Waals surface area contributed by atoms with Gasteiger partial charge in [-0.2, -0.15) is 0 Å². The number of halogens is 1. The van der Waals surface area contributed by atoms with Crippen LogP contribution in [0.4, 0.5) is 0 Å². The van der Waals surface area contributed by atoms with E-state index in [0.717, 1.165) is 35.6 Å². The SMILES string of the molecule is Cc1c(C(=O)OCC(=O)NC(C)c2ccc(Cl)cc2)sc2nc3n(c(=O)c12)CCC3. The zero-order valence-electron chi connectivity index (χ0n) is 16.5. The van der Waals surface area contributed by atoms with Crippen molar-refractivity contribution in [3.63, 3.8) is 0 Å². The molecule has 1 aromatic carbocycles. The molecule has 0 saturated carbocycles. The van der Waals surface area contributed by atoms with Gasteiger partial charge in [-0.1, -0.05) is 23.7 Å². The second-order valence-electron chi connectivity index (χ2n) is 7.24. The summed E-state index contributed by atoms with van der Waals surface area (Å²) in [6.07, 6.45) is 1.66. The molecule has 3 aromatic rings. The number of benzene rings is 1. The summed E-state index contributed by atoms with van der Waals surface area (Å²) in [7, 11) is 0. The summed E-state index contributed by atoms with van der Waals surface area (Å²) in [6.45, 7) is 3.78. The van der Waals surface area contributed by atoms with E-state index in [4.69, 9.17) is 16.3 Å². The number of aromatic nitrogens is 2. The predicted molar refractivity (Wildman–Crippen MR) is 115 cm³/mol. The third-order valence-corrected chi connectivity index (χ3v) is 6.60. The molecule has 156 valence electrons. The van der Waals surface area contributed by atoms with E-state index in [9.17, 15) is 14.4 Å². The summed E-state index contributed by atoms with van der Waals surface area (Å²) in [5, 5.41) is 3.85. The molecule has 1 N–H and O–H groups in total. The minimum atomic E-state index is -0.630. The third kappa shape index (κ3) is 3.85. The highest BCUT2D eigenvalue weighted by Gasteiger charge is 2.24. The summed E-state index contributed by atoms with van der Waals surface area (Å²) in [5.74, 6) is -0.291. The second-order valence-corrected chi connectivity index (χ2v) is 8.68. The van der Waals surface area contributed by atoms with Gasteiger partial charge in [0.25, 0.3) is 11.5 Å². The van der Waals surface area contributed by atoms with E-state index in [1.807, 2.05) is 19.1 Å². The van der Waals surface area contributed by atoms with Crippen molar-refractivity contribution in [1.82, 2.24) is 14.9 Å². The molecule has 3 heterocycles. The van der Waals surface area contributed by atoms with Crippen LogP contribution in [0, 0.1) is 6.92 Å². The van der Waals surface area contributed by atoms with Gasteiger partial charge >= 0.3 is 5.97 Å². The average Bonchev–Trinajstić information content (AvgIpc) is 3.31. The van der Waals surface area contributed by atoms with Gasteiger partial charge in [0.1, 0.15) is 15.5 Å². The predicted octanol–water partition coefficient (Wildman–Crippen LogP) is 3.40. The van der Waals surface area contributed by atoms with E-state index in [1.165, 1.54) is 0 Å². The fraction of sp³-hybridized carbons (Fsp3) is 0.333. The highest BCUT2D eigenvalue weighted by molar-refractivity contribution is 7.20. The quantitative estimate of drug-likeness (QED) is 0.608. The molecule has 0 aliphatic carbocycles. The van der Waals surface area contributed by atoms with Crippen molar-refractivity contribution in [1.29, 1.82) is 0 Å². The lowest BCUT2D eigenvalue weighted by atomic mass is 10.1. The summed E-state index contributed by atoms with van der Waals surface area (Å²) in [6, 6.07) is 6.88. The molecule has 7 nitrogen and oxygen atoms in total. The number of carbonyl (C=O) groups is 2.